The number of ether oxygens (including phenoxy) is 1. The highest BCUT2D eigenvalue weighted by molar-refractivity contribution is 7.21. The van der Waals surface area contributed by atoms with Gasteiger partial charge in [-0.15, -0.1) is 11.3 Å². The van der Waals surface area contributed by atoms with Gasteiger partial charge in [-0.05, 0) is 63.3 Å². The Morgan fingerprint density at radius 2 is 1.84 bits per heavy atom. The van der Waals surface area contributed by atoms with Crippen LogP contribution in [0.3, 0.4) is 0 Å². The Morgan fingerprint density at radius 3 is 2.55 bits per heavy atom. The number of aryl methyl sites for hydroxylation is 3. The fourth-order valence-electron chi connectivity index (χ4n) is 4.37. The van der Waals surface area contributed by atoms with Gasteiger partial charge in [0.15, 0.2) is 0 Å². The number of aromatic nitrogens is 4. The van der Waals surface area contributed by atoms with E-state index in [9.17, 15) is 5.11 Å². The molecule has 0 aliphatic rings. The number of rotatable bonds is 12. The predicted octanol–water partition coefficient (Wildman–Crippen LogP) is 6.21. The molecule has 3 N–H and O–H groups in total. The summed E-state index contributed by atoms with van der Waals surface area (Å²) in [6, 6.07) is 7.87. The molecule has 1 unspecified atom stereocenters. The molecule has 0 radical (unpaired) electrons. The van der Waals surface area contributed by atoms with E-state index in [4.69, 9.17) is 31.3 Å². The van der Waals surface area contributed by atoms with Crippen LogP contribution in [-0.2, 0) is 6.42 Å². The van der Waals surface area contributed by atoms with Crippen LogP contribution < -0.4 is 15.4 Å². The Morgan fingerprint density at radius 1 is 1.03 bits per heavy atom. The summed E-state index contributed by atoms with van der Waals surface area (Å²) < 4.78 is 6.34. The summed E-state index contributed by atoms with van der Waals surface area (Å²) in [5, 5.41) is 17.9. The van der Waals surface area contributed by atoms with E-state index < -0.39 is 0 Å². The lowest BCUT2D eigenvalue weighted by molar-refractivity contribution is 0.217. The van der Waals surface area contributed by atoms with Crippen molar-refractivity contribution in [1.82, 2.24) is 19.9 Å². The van der Waals surface area contributed by atoms with Crippen LogP contribution in [0.4, 0.5) is 11.8 Å². The summed E-state index contributed by atoms with van der Waals surface area (Å²) in [5.74, 6) is 2.21. The Kier molecular flexibility index (Phi) is 9.35. The van der Waals surface area contributed by atoms with Crippen molar-refractivity contribution in [3.63, 3.8) is 0 Å². The molecule has 4 rings (SSSR count). The second-order valence-corrected chi connectivity index (χ2v) is 10.8. The minimum absolute atomic E-state index is 0.180. The number of thiazole rings is 1. The van der Waals surface area contributed by atoms with E-state index >= 15 is 0 Å². The van der Waals surface area contributed by atoms with Crippen molar-refractivity contribution in [2.45, 2.75) is 47.0 Å². The normalized spacial score (nSPS) is 12.1. The van der Waals surface area contributed by atoms with Gasteiger partial charge in [0.2, 0.25) is 5.95 Å². The molecule has 10 heteroatoms. The minimum Gasteiger partial charge on any atom is -0.495 e. The molecule has 0 aliphatic carbocycles. The number of anilines is 2. The van der Waals surface area contributed by atoms with E-state index in [2.05, 4.69) is 28.6 Å². The highest BCUT2D eigenvalue weighted by Gasteiger charge is 2.19. The van der Waals surface area contributed by atoms with Crippen LogP contribution in [0.15, 0.2) is 24.3 Å². The molecule has 38 heavy (non-hydrogen) atoms. The number of halogens is 1. The van der Waals surface area contributed by atoms with Crippen LogP contribution in [0.25, 0.3) is 20.8 Å². The summed E-state index contributed by atoms with van der Waals surface area (Å²) in [7, 11) is 1.61. The van der Waals surface area contributed by atoms with Crippen LogP contribution in [0.2, 0.25) is 5.02 Å². The molecular weight excluding hydrogens is 520 g/mol. The van der Waals surface area contributed by atoms with E-state index in [1.807, 2.05) is 39.0 Å². The van der Waals surface area contributed by atoms with E-state index in [-0.39, 0.29) is 12.5 Å². The number of pyridine rings is 1. The summed E-state index contributed by atoms with van der Waals surface area (Å²) in [6.07, 6.45) is 2.53. The highest BCUT2D eigenvalue weighted by Crippen LogP contribution is 2.37. The predicted molar refractivity (Wildman–Crippen MR) is 157 cm³/mol. The number of hydrogen-bond acceptors (Lipinski definition) is 9. The second kappa shape index (κ2) is 12.7. The quantitative estimate of drug-likeness (QED) is 0.190. The lowest BCUT2D eigenvalue weighted by atomic mass is 10.0. The number of hydrogen-bond donors (Lipinski definition) is 3. The molecule has 4 aromatic rings. The van der Waals surface area contributed by atoms with Crippen molar-refractivity contribution in [1.29, 1.82) is 0 Å². The van der Waals surface area contributed by atoms with E-state index in [0.29, 0.717) is 29.8 Å². The zero-order valence-electron chi connectivity index (χ0n) is 22.6. The first-order valence-electron chi connectivity index (χ1n) is 12.9. The monoisotopic (exact) mass is 554 g/mol. The maximum absolute atomic E-state index is 9.62. The van der Waals surface area contributed by atoms with Crippen molar-refractivity contribution >= 4 is 44.9 Å². The molecular formula is C28H35ClN6O2S. The zero-order chi connectivity index (χ0) is 27.2. The molecule has 1 atom stereocenters. The molecule has 1 aromatic carbocycles. The van der Waals surface area contributed by atoms with Crippen LogP contribution in [0, 0.1) is 26.7 Å². The third-order valence-electron chi connectivity index (χ3n) is 6.58. The van der Waals surface area contributed by atoms with Gasteiger partial charge in [0.25, 0.3) is 0 Å². The first-order valence-corrected chi connectivity index (χ1v) is 14.1. The van der Waals surface area contributed by atoms with Crippen LogP contribution in [0.5, 0.6) is 5.75 Å². The molecule has 0 spiro atoms. The molecule has 0 aliphatic heterocycles. The molecule has 0 amide bonds. The second-order valence-electron chi connectivity index (χ2n) is 9.39. The summed E-state index contributed by atoms with van der Waals surface area (Å²) >= 11 is 7.91. The third-order valence-corrected chi connectivity index (χ3v) is 7.89. The zero-order valence-corrected chi connectivity index (χ0v) is 24.1. The Labute approximate surface area is 232 Å². The topological polar surface area (TPSA) is 105 Å². The van der Waals surface area contributed by atoms with E-state index in [0.717, 1.165) is 68.5 Å². The fraction of sp³-hybridized carbons (Fsp3) is 0.429. The van der Waals surface area contributed by atoms with Gasteiger partial charge in [-0.1, -0.05) is 31.0 Å². The van der Waals surface area contributed by atoms with E-state index in [1.165, 1.54) is 0 Å². The number of nitrogens with zero attached hydrogens (tertiary/aromatic N) is 4. The molecule has 3 heterocycles. The Bertz CT molecular complexity index is 1410. The number of aliphatic hydroxyl groups excluding tert-OH is 1. The molecule has 0 saturated heterocycles. The van der Waals surface area contributed by atoms with Gasteiger partial charge < -0.3 is 20.5 Å². The first kappa shape index (κ1) is 28.0. The maximum atomic E-state index is 9.62. The number of benzene rings is 1. The molecule has 0 saturated carbocycles. The number of fused-ring (bicyclic) bond motifs is 1. The fourth-order valence-corrected chi connectivity index (χ4v) is 5.87. The SMILES string of the molecule is CCC(CO)CCNc1nc(NCCc2ccc(OC)c(Cl)c2)nc(C)c1-c1nc2c(C)nc(C)cc2s1. The van der Waals surface area contributed by atoms with Gasteiger partial charge in [-0.3, -0.25) is 4.98 Å². The van der Waals surface area contributed by atoms with E-state index in [1.54, 1.807) is 18.4 Å². The average molecular weight is 555 g/mol. The van der Waals surface area contributed by atoms with Gasteiger partial charge in [0, 0.05) is 25.4 Å². The van der Waals surface area contributed by atoms with Crippen LogP contribution in [-0.4, -0.2) is 51.8 Å². The minimum atomic E-state index is 0.180. The summed E-state index contributed by atoms with van der Waals surface area (Å²) in [5.41, 5.74) is 5.64. The van der Waals surface area contributed by atoms with Crippen molar-refractivity contribution < 1.29 is 9.84 Å². The number of methoxy groups -OCH3 is 1. The van der Waals surface area contributed by atoms with Gasteiger partial charge in [-0.25, -0.2) is 9.97 Å². The van der Waals surface area contributed by atoms with Gasteiger partial charge in [-0.2, -0.15) is 4.98 Å². The summed E-state index contributed by atoms with van der Waals surface area (Å²) in [4.78, 5) is 19.1. The van der Waals surface area contributed by atoms with Crippen molar-refractivity contribution in [2.24, 2.45) is 5.92 Å². The highest BCUT2D eigenvalue weighted by atomic mass is 35.5. The van der Waals surface area contributed by atoms with Crippen LogP contribution in [0.1, 0.15) is 42.4 Å². The standard InChI is InChI=1S/C28H35ClN6O2S/c1-6-19(15-36)9-11-30-26-24(27-34-25-18(4)32-16(2)13-23(25)38-27)17(3)33-28(35-26)31-12-10-20-7-8-22(37-5)21(29)14-20/h7-8,13-14,19,36H,6,9-12,15H2,1-5H3,(H2,30,31,33,35). The summed E-state index contributed by atoms with van der Waals surface area (Å²) in [6.45, 7) is 9.59. The Hall–Kier alpha value is -3.01. The molecule has 3 aromatic heterocycles. The van der Waals surface area contributed by atoms with Crippen molar-refractivity contribution in [3.05, 3.63) is 51.9 Å². The molecule has 0 bridgehead atoms. The first-order chi connectivity index (χ1) is 18.3. The largest absolute Gasteiger partial charge is 0.495 e. The molecule has 0 fully saturated rings. The lowest BCUT2D eigenvalue weighted by Gasteiger charge is -2.16. The Balaban J connectivity index is 1.60. The molecule has 202 valence electrons. The number of aliphatic hydroxyl groups is 1. The molecule has 8 nitrogen and oxygen atoms in total. The van der Waals surface area contributed by atoms with Crippen molar-refractivity contribution in [3.8, 4) is 16.3 Å². The average Bonchev–Trinajstić information content (AvgIpc) is 3.30. The van der Waals surface area contributed by atoms with Gasteiger partial charge in [0.1, 0.15) is 22.1 Å². The maximum Gasteiger partial charge on any atom is 0.224 e. The van der Waals surface area contributed by atoms with Gasteiger partial charge >= 0.3 is 0 Å². The smallest absolute Gasteiger partial charge is 0.224 e. The van der Waals surface area contributed by atoms with Gasteiger partial charge in [0.05, 0.1) is 33.8 Å². The number of nitrogens with one attached hydrogen (secondary N) is 2. The third kappa shape index (κ3) is 6.51. The lowest BCUT2D eigenvalue weighted by Crippen LogP contribution is -2.15. The van der Waals surface area contributed by atoms with Crippen LogP contribution >= 0.6 is 22.9 Å². The van der Waals surface area contributed by atoms with Crippen molar-refractivity contribution in [2.75, 3.05) is 37.4 Å².